The molecule has 1 amide bonds. The molecule has 0 saturated heterocycles. The Balaban J connectivity index is 0.00000324. The Kier molecular flexibility index (Phi) is 7.90. The summed E-state index contributed by atoms with van der Waals surface area (Å²) >= 11 is 0. The van der Waals surface area contributed by atoms with Crippen molar-refractivity contribution in [3.63, 3.8) is 0 Å². The molecule has 1 rings (SSSR count). The van der Waals surface area contributed by atoms with Crippen molar-refractivity contribution in [3.8, 4) is 11.5 Å². The first-order valence-corrected chi connectivity index (χ1v) is 5.42. The fraction of sp³-hybridized carbons (Fsp3) is 0.417. The summed E-state index contributed by atoms with van der Waals surface area (Å²) in [5, 5.41) is 2.69. The summed E-state index contributed by atoms with van der Waals surface area (Å²) in [4.78, 5) is 11.8. The van der Waals surface area contributed by atoms with Gasteiger partial charge in [0.2, 0.25) is 0 Å². The number of ether oxygens (including phenoxy) is 3. The lowest BCUT2D eigenvalue weighted by Crippen LogP contribution is -2.35. The number of carbonyl (C=O) groups excluding carboxylic acids is 1. The molecule has 0 saturated carbocycles. The van der Waals surface area contributed by atoms with Crippen molar-refractivity contribution in [2.75, 3.05) is 33.2 Å². The number of halogens is 1. The molecule has 0 aliphatic carbocycles. The number of rotatable bonds is 6. The molecule has 108 valence electrons. The molecule has 1 aromatic carbocycles. The molecule has 1 aromatic rings. The molecule has 1 unspecified atom stereocenters. The predicted octanol–water partition coefficient (Wildman–Crippen LogP) is 1.04. The predicted molar refractivity (Wildman–Crippen MR) is 75.3 cm³/mol. The second-order valence-corrected chi connectivity index (χ2v) is 3.52. The Bertz CT molecular complexity index is 411. The second-order valence-electron chi connectivity index (χ2n) is 3.52. The Labute approximate surface area is 118 Å². The van der Waals surface area contributed by atoms with Crippen LogP contribution in [-0.4, -0.2) is 39.9 Å². The molecule has 0 heterocycles. The molecule has 0 aliphatic rings. The minimum absolute atomic E-state index is 0. The van der Waals surface area contributed by atoms with E-state index in [1.165, 1.54) is 14.2 Å². The highest BCUT2D eigenvalue weighted by molar-refractivity contribution is 5.95. The van der Waals surface area contributed by atoms with E-state index in [9.17, 15) is 4.79 Å². The average Bonchev–Trinajstić information content (AvgIpc) is 2.40. The van der Waals surface area contributed by atoms with Crippen LogP contribution in [0.15, 0.2) is 18.2 Å². The van der Waals surface area contributed by atoms with Crippen LogP contribution in [0, 0.1) is 0 Å². The van der Waals surface area contributed by atoms with Gasteiger partial charge in [-0.15, -0.1) is 12.4 Å². The SMILES string of the molecule is COc1ccc(NC(=O)C(CN)OC)c(OC)c1.Cl. The summed E-state index contributed by atoms with van der Waals surface area (Å²) in [5.74, 6) is 0.838. The Morgan fingerprint density at radius 3 is 2.47 bits per heavy atom. The molecule has 0 aromatic heterocycles. The standard InChI is InChI=1S/C12H18N2O4.ClH/c1-16-8-4-5-9(10(6-8)17-2)14-12(15)11(7-13)18-3;/h4-6,11H,7,13H2,1-3H3,(H,14,15);1H. The van der Waals surface area contributed by atoms with Gasteiger partial charge in [0.1, 0.15) is 17.6 Å². The summed E-state index contributed by atoms with van der Waals surface area (Å²) in [5.41, 5.74) is 5.96. The van der Waals surface area contributed by atoms with Gasteiger partial charge >= 0.3 is 0 Å². The van der Waals surface area contributed by atoms with Crippen molar-refractivity contribution in [1.82, 2.24) is 0 Å². The number of hydrogen-bond acceptors (Lipinski definition) is 5. The van der Waals surface area contributed by atoms with Crippen LogP contribution < -0.4 is 20.5 Å². The summed E-state index contributed by atoms with van der Waals surface area (Å²) in [6.07, 6.45) is -0.684. The van der Waals surface area contributed by atoms with Crippen LogP contribution in [0.1, 0.15) is 0 Å². The normalized spacial score (nSPS) is 11.2. The number of carbonyl (C=O) groups is 1. The Morgan fingerprint density at radius 2 is 2.00 bits per heavy atom. The van der Waals surface area contributed by atoms with E-state index < -0.39 is 6.10 Å². The zero-order valence-electron chi connectivity index (χ0n) is 11.1. The second kappa shape index (κ2) is 8.58. The smallest absolute Gasteiger partial charge is 0.254 e. The largest absolute Gasteiger partial charge is 0.497 e. The third kappa shape index (κ3) is 4.59. The first kappa shape index (κ1) is 17.5. The quantitative estimate of drug-likeness (QED) is 0.818. The summed E-state index contributed by atoms with van der Waals surface area (Å²) in [6.45, 7) is 0.112. The van der Waals surface area contributed by atoms with Gasteiger partial charge < -0.3 is 25.3 Å². The molecule has 7 heteroatoms. The van der Waals surface area contributed by atoms with Crippen molar-refractivity contribution in [2.24, 2.45) is 5.73 Å². The maximum Gasteiger partial charge on any atom is 0.254 e. The van der Waals surface area contributed by atoms with Crippen LogP contribution in [0.2, 0.25) is 0 Å². The van der Waals surface area contributed by atoms with Gasteiger partial charge in [-0.1, -0.05) is 0 Å². The van der Waals surface area contributed by atoms with Crippen LogP contribution in [0.5, 0.6) is 11.5 Å². The van der Waals surface area contributed by atoms with Gasteiger partial charge in [-0.05, 0) is 12.1 Å². The maximum atomic E-state index is 11.8. The van der Waals surface area contributed by atoms with Gasteiger partial charge in [-0.2, -0.15) is 0 Å². The number of benzene rings is 1. The third-order valence-corrected chi connectivity index (χ3v) is 2.46. The van der Waals surface area contributed by atoms with Crippen molar-refractivity contribution < 1.29 is 19.0 Å². The molecule has 0 aliphatic heterocycles. The topological polar surface area (TPSA) is 82.8 Å². The lowest BCUT2D eigenvalue weighted by atomic mass is 10.2. The first-order valence-electron chi connectivity index (χ1n) is 5.42. The van der Waals surface area contributed by atoms with Crippen molar-refractivity contribution in [1.29, 1.82) is 0 Å². The van der Waals surface area contributed by atoms with Gasteiger partial charge in [-0.25, -0.2) is 0 Å². The van der Waals surface area contributed by atoms with Crippen molar-refractivity contribution >= 4 is 24.0 Å². The van der Waals surface area contributed by atoms with E-state index in [1.807, 2.05) is 0 Å². The molecule has 19 heavy (non-hydrogen) atoms. The Morgan fingerprint density at radius 1 is 1.32 bits per heavy atom. The molecular formula is C12H19ClN2O4. The molecule has 3 N–H and O–H groups in total. The van der Waals surface area contributed by atoms with Gasteiger partial charge in [0.25, 0.3) is 5.91 Å². The number of methoxy groups -OCH3 is 3. The minimum Gasteiger partial charge on any atom is -0.497 e. The molecule has 0 radical (unpaired) electrons. The van der Waals surface area contributed by atoms with E-state index in [-0.39, 0.29) is 24.9 Å². The number of nitrogens with two attached hydrogens (primary N) is 1. The molecule has 6 nitrogen and oxygen atoms in total. The molecule has 1 atom stereocenters. The van der Waals surface area contributed by atoms with E-state index in [4.69, 9.17) is 19.9 Å². The number of nitrogens with one attached hydrogen (secondary N) is 1. The molecular weight excluding hydrogens is 272 g/mol. The number of hydrogen-bond donors (Lipinski definition) is 2. The molecule has 0 spiro atoms. The third-order valence-electron chi connectivity index (χ3n) is 2.46. The first-order chi connectivity index (χ1) is 8.65. The molecule has 0 fully saturated rings. The number of anilines is 1. The van der Waals surface area contributed by atoms with Crippen molar-refractivity contribution in [3.05, 3.63) is 18.2 Å². The van der Waals surface area contributed by atoms with E-state index in [0.717, 1.165) is 0 Å². The van der Waals surface area contributed by atoms with E-state index in [0.29, 0.717) is 17.2 Å². The van der Waals surface area contributed by atoms with Gasteiger partial charge in [0.05, 0.1) is 19.9 Å². The van der Waals surface area contributed by atoms with Gasteiger partial charge in [0, 0.05) is 19.7 Å². The van der Waals surface area contributed by atoms with Crippen LogP contribution in [0.25, 0.3) is 0 Å². The monoisotopic (exact) mass is 290 g/mol. The van der Waals surface area contributed by atoms with Crippen LogP contribution >= 0.6 is 12.4 Å². The zero-order chi connectivity index (χ0) is 13.5. The highest BCUT2D eigenvalue weighted by atomic mass is 35.5. The summed E-state index contributed by atoms with van der Waals surface area (Å²) in [6, 6.07) is 5.10. The fourth-order valence-electron chi connectivity index (χ4n) is 1.43. The molecule has 0 bridgehead atoms. The number of amides is 1. The van der Waals surface area contributed by atoms with Crippen LogP contribution in [-0.2, 0) is 9.53 Å². The van der Waals surface area contributed by atoms with E-state index >= 15 is 0 Å². The fourth-order valence-corrected chi connectivity index (χ4v) is 1.43. The van der Waals surface area contributed by atoms with E-state index in [1.54, 1.807) is 25.3 Å². The summed E-state index contributed by atoms with van der Waals surface area (Å²) < 4.78 is 15.2. The lowest BCUT2D eigenvalue weighted by molar-refractivity contribution is -0.125. The lowest BCUT2D eigenvalue weighted by Gasteiger charge is -2.15. The zero-order valence-corrected chi connectivity index (χ0v) is 12.0. The minimum atomic E-state index is -0.684. The van der Waals surface area contributed by atoms with Crippen molar-refractivity contribution in [2.45, 2.75) is 6.10 Å². The maximum absolute atomic E-state index is 11.8. The van der Waals surface area contributed by atoms with E-state index in [2.05, 4.69) is 5.32 Å². The highest BCUT2D eigenvalue weighted by Crippen LogP contribution is 2.29. The Hall–Kier alpha value is -1.50. The van der Waals surface area contributed by atoms with Gasteiger partial charge in [-0.3, -0.25) is 4.79 Å². The van der Waals surface area contributed by atoms with Crippen LogP contribution in [0.3, 0.4) is 0 Å². The average molecular weight is 291 g/mol. The van der Waals surface area contributed by atoms with Gasteiger partial charge in [0.15, 0.2) is 0 Å². The highest BCUT2D eigenvalue weighted by Gasteiger charge is 2.17. The summed E-state index contributed by atoms with van der Waals surface area (Å²) in [7, 11) is 4.51. The van der Waals surface area contributed by atoms with Crippen LogP contribution in [0.4, 0.5) is 5.69 Å².